The van der Waals surface area contributed by atoms with Crippen LogP contribution in [0.25, 0.3) is 11.4 Å². The van der Waals surface area contributed by atoms with Crippen LogP contribution in [0.3, 0.4) is 0 Å². The molecule has 1 aliphatic heterocycles. The SMILES string of the molecule is CC(=N)N1CCCC1c1nc(-c2ccc(C)cc2)no1. The van der Waals surface area contributed by atoms with Crippen LogP contribution in [0.15, 0.2) is 28.8 Å². The molecule has 0 saturated carbocycles. The second kappa shape index (κ2) is 5.07. The molecule has 104 valence electrons. The number of aryl methyl sites for hydroxylation is 1. The number of amidine groups is 1. The summed E-state index contributed by atoms with van der Waals surface area (Å²) in [6.45, 7) is 4.74. The monoisotopic (exact) mass is 270 g/mol. The summed E-state index contributed by atoms with van der Waals surface area (Å²) in [7, 11) is 0. The van der Waals surface area contributed by atoms with E-state index in [9.17, 15) is 0 Å². The molecule has 1 aliphatic rings. The van der Waals surface area contributed by atoms with Crippen LogP contribution in [0, 0.1) is 12.3 Å². The molecular formula is C15H18N4O. The van der Waals surface area contributed by atoms with Crippen LogP contribution in [-0.4, -0.2) is 27.4 Å². The van der Waals surface area contributed by atoms with Gasteiger partial charge in [-0.1, -0.05) is 35.0 Å². The highest BCUT2D eigenvalue weighted by Crippen LogP contribution is 2.31. The van der Waals surface area contributed by atoms with Gasteiger partial charge in [-0.3, -0.25) is 5.41 Å². The molecule has 0 amide bonds. The van der Waals surface area contributed by atoms with Gasteiger partial charge in [0.05, 0.1) is 5.84 Å². The van der Waals surface area contributed by atoms with Crippen LogP contribution in [-0.2, 0) is 0 Å². The van der Waals surface area contributed by atoms with Gasteiger partial charge >= 0.3 is 0 Å². The average Bonchev–Trinajstić information content (AvgIpc) is 3.08. The van der Waals surface area contributed by atoms with Gasteiger partial charge in [0.15, 0.2) is 0 Å². The van der Waals surface area contributed by atoms with Crippen molar-refractivity contribution >= 4 is 5.84 Å². The van der Waals surface area contributed by atoms with E-state index in [1.807, 2.05) is 29.2 Å². The van der Waals surface area contributed by atoms with Gasteiger partial charge in [0.1, 0.15) is 6.04 Å². The molecule has 1 aromatic heterocycles. The quantitative estimate of drug-likeness (QED) is 0.672. The van der Waals surface area contributed by atoms with E-state index < -0.39 is 0 Å². The molecule has 0 spiro atoms. The Balaban J connectivity index is 1.86. The molecule has 5 heteroatoms. The van der Waals surface area contributed by atoms with E-state index in [2.05, 4.69) is 17.1 Å². The Morgan fingerprint density at radius 2 is 2.10 bits per heavy atom. The van der Waals surface area contributed by atoms with E-state index in [-0.39, 0.29) is 6.04 Å². The second-order valence-electron chi connectivity index (χ2n) is 5.26. The molecule has 3 rings (SSSR count). The number of nitrogens with one attached hydrogen (secondary N) is 1. The third-order valence-electron chi connectivity index (χ3n) is 3.72. The molecule has 1 saturated heterocycles. The minimum absolute atomic E-state index is 0.0548. The van der Waals surface area contributed by atoms with Crippen molar-refractivity contribution in [1.82, 2.24) is 15.0 Å². The third kappa shape index (κ3) is 2.31. The first kappa shape index (κ1) is 12.8. The molecule has 2 heterocycles. The molecule has 0 bridgehead atoms. The van der Waals surface area contributed by atoms with Gasteiger partial charge in [-0.15, -0.1) is 0 Å². The summed E-state index contributed by atoms with van der Waals surface area (Å²) in [5.41, 5.74) is 2.17. The van der Waals surface area contributed by atoms with Crippen LogP contribution < -0.4 is 0 Å². The van der Waals surface area contributed by atoms with Crippen LogP contribution >= 0.6 is 0 Å². The zero-order valence-corrected chi connectivity index (χ0v) is 11.8. The van der Waals surface area contributed by atoms with E-state index in [1.165, 1.54) is 5.56 Å². The minimum atomic E-state index is 0.0548. The Bertz CT molecular complexity index is 617. The number of hydrogen-bond donors (Lipinski definition) is 1. The first-order valence-electron chi connectivity index (χ1n) is 6.87. The van der Waals surface area contributed by atoms with Gasteiger partial charge in [-0.25, -0.2) is 0 Å². The van der Waals surface area contributed by atoms with Crippen LogP contribution in [0.2, 0.25) is 0 Å². The van der Waals surface area contributed by atoms with E-state index in [0.717, 1.165) is 24.9 Å². The molecule has 5 nitrogen and oxygen atoms in total. The van der Waals surface area contributed by atoms with Crippen molar-refractivity contribution in [3.8, 4) is 11.4 Å². The number of aromatic nitrogens is 2. The lowest BCUT2D eigenvalue weighted by atomic mass is 10.1. The predicted octanol–water partition coefficient (Wildman–Crippen LogP) is 3.18. The average molecular weight is 270 g/mol. The molecule has 20 heavy (non-hydrogen) atoms. The Hall–Kier alpha value is -2.17. The number of benzene rings is 1. The third-order valence-corrected chi connectivity index (χ3v) is 3.72. The van der Waals surface area contributed by atoms with Gasteiger partial charge < -0.3 is 9.42 Å². The molecule has 0 radical (unpaired) electrons. The lowest BCUT2D eigenvalue weighted by Gasteiger charge is -2.21. The lowest BCUT2D eigenvalue weighted by Crippen LogP contribution is -2.27. The second-order valence-corrected chi connectivity index (χ2v) is 5.26. The lowest BCUT2D eigenvalue weighted by molar-refractivity contribution is 0.284. The fourth-order valence-electron chi connectivity index (χ4n) is 2.62. The molecule has 0 aliphatic carbocycles. The van der Waals surface area contributed by atoms with Crippen molar-refractivity contribution in [2.45, 2.75) is 32.7 Å². The van der Waals surface area contributed by atoms with Crippen molar-refractivity contribution in [3.63, 3.8) is 0 Å². The van der Waals surface area contributed by atoms with E-state index in [4.69, 9.17) is 9.93 Å². The Morgan fingerprint density at radius 3 is 2.80 bits per heavy atom. The van der Waals surface area contributed by atoms with Gasteiger partial charge in [0, 0.05) is 12.1 Å². The maximum absolute atomic E-state index is 7.80. The summed E-state index contributed by atoms with van der Waals surface area (Å²) in [6, 6.07) is 8.12. The first-order chi connectivity index (χ1) is 9.65. The summed E-state index contributed by atoms with van der Waals surface area (Å²) in [5.74, 6) is 1.79. The fraction of sp³-hybridized carbons (Fsp3) is 0.400. The van der Waals surface area contributed by atoms with Crippen LogP contribution in [0.5, 0.6) is 0 Å². The van der Waals surface area contributed by atoms with E-state index >= 15 is 0 Å². The fourth-order valence-corrected chi connectivity index (χ4v) is 2.62. The predicted molar refractivity (Wildman–Crippen MR) is 76.6 cm³/mol. The molecule has 1 aromatic carbocycles. The highest BCUT2D eigenvalue weighted by molar-refractivity contribution is 5.77. The first-order valence-corrected chi connectivity index (χ1v) is 6.87. The Labute approximate surface area is 118 Å². The Morgan fingerprint density at radius 1 is 1.35 bits per heavy atom. The van der Waals surface area contributed by atoms with Crippen molar-refractivity contribution in [3.05, 3.63) is 35.7 Å². The van der Waals surface area contributed by atoms with E-state index in [1.54, 1.807) is 6.92 Å². The summed E-state index contributed by atoms with van der Waals surface area (Å²) in [5, 5.41) is 11.9. The number of likely N-dealkylation sites (tertiary alicyclic amines) is 1. The number of nitrogens with zero attached hydrogens (tertiary/aromatic N) is 3. The van der Waals surface area contributed by atoms with Gasteiger partial charge in [-0.05, 0) is 26.7 Å². The maximum Gasteiger partial charge on any atom is 0.249 e. The molecular weight excluding hydrogens is 252 g/mol. The largest absolute Gasteiger partial charge is 0.349 e. The van der Waals surface area contributed by atoms with Gasteiger partial charge in [0.2, 0.25) is 11.7 Å². The van der Waals surface area contributed by atoms with Gasteiger partial charge in [0.25, 0.3) is 0 Å². The summed E-state index contributed by atoms with van der Waals surface area (Å²) in [6.07, 6.45) is 2.02. The molecule has 1 unspecified atom stereocenters. The standard InChI is InChI=1S/C15H18N4O/c1-10-5-7-12(8-6-10)14-17-15(20-18-14)13-4-3-9-19(13)11(2)16/h5-8,13,16H,3-4,9H2,1-2H3. The van der Waals surface area contributed by atoms with Crippen molar-refractivity contribution in [2.24, 2.45) is 0 Å². The topological polar surface area (TPSA) is 66.0 Å². The van der Waals surface area contributed by atoms with Crippen LogP contribution in [0.1, 0.15) is 37.3 Å². The zero-order chi connectivity index (χ0) is 14.1. The zero-order valence-electron chi connectivity index (χ0n) is 11.8. The normalized spacial score (nSPS) is 18.5. The summed E-state index contributed by atoms with van der Waals surface area (Å²) < 4.78 is 5.41. The molecule has 1 atom stereocenters. The minimum Gasteiger partial charge on any atom is -0.349 e. The van der Waals surface area contributed by atoms with Crippen molar-refractivity contribution < 1.29 is 4.52 Å². The maximum atomic E-state index is 7.80. The highest BCUT2D eigenvalue weighted by Gasteiger charge is 2.31. The highest BCUT2D eigenvalue weighted by atomic mass is 16.5. The van der Waals surface area contributed by atoms with Crippen molar-refractivity contribution in [2.75, 3.05) is 6.54 Å². The van der Waals surface area contributed by atoms with Gasteiger partial charge in [-0.2, -0.15) is 4.98 Å². The number of hydrogen-bond acceptors (Lipinski definition) is 4. The van der Waals surface area contributed by atoms with E-state index in [0.29, 0.717) is 17.6 Å². The molecule has 1 fully saturated rings. The molecule has 2 aromatic rings. The smallest absolute Gasteiger partial charge is 0.249 e. The summed E-state index contributed by atoms with van der Waals surface area (Å²) >= 11 is 0. The van der Waals surface area contributed by atoms with Crippen LogP contribution in [0.4, 0.5) is 0 Å². The Kier molecular flexibility index (Phi) is 3.26. The molecule has 1 N–H and O–H groups in total. The number of rotatable bonds is 2. The van der Waals surface area contributed by atoms with Crippen molar-refractivity contribution in [1.29, 1.82) is 5.41 Å². The summed E-state index contributed by atoms with van der Waals surface area (Å²) in [4.78, 5) is 6.53.